The summed E-state index contributed by atoms with van der Waals surface area (Å²) < 4.78 is 11.0. The number of Topliss-reactive ketones (excluding diaryl/α,β-unsaturated/α-hetero) is 1. The molecule has 2 aromatic rings. The first kappa shape index (κ1) is 13.2. The van der Waals surface area contributed by atoms with E-state index in [4.69, 9.17) is 8.83 Å². The fraction of sp³-hybridized carbons (Fsp3) is 0.438. The monoisotopic (exact) mass is 274 g/mol. The summed E-state index contributed by atoms with van der Waals surface area (Å²) in [4.78, 5) is 12.5. The van der Waals surface area contributed by atoms with Gasteiger partial charge < -0.3 is 14.2 Å². The van der Waals surface area contributed by atoms with Crippen molar-refractivity contribution >= 4 is 5.78 Å². The Labute approximate surface area is 118 Å². The summed E-state index contributed by atoms with van der Waals surface area (Å²) in [5.74, 6) is 2.10. The maximum atomic E-state index is 12.5. The third-order valence-electron chi connectivity index (χ3n) is 4.09. The van der Waals surface area contributed by atoms with Gasteiger partial charge in [0.15, 0.2) is 23.6 Å². The van der Waals surface area contributed by atoms with Gasteiger partial charge in [-0.15, -0.1) is 0 Å². The summed E-state index contributed by atoms with van der Waals surface area (Å²) in [5.41, 5.74) is 0. The average Bonchev–Trinajstić information content (AvgIpc) is 3.14. The largest absolute Gasteiger partial charge is 0.463 e. The predicted molar refractivity (Wildman–Crippen MR) is 72.8 cm³/mol. The van der Waals surface area contributed by atoms with Crippen LogP contribution < -0.4 is 5.32 Å². The van der Waals surface area contributed by atoms with Gasteiger partial charge in [-0.3, -0.25) is 4.79 Å². The number of quaternary nitrogens is 1. The Bertz CT molecular complexity index is 544. The van der Waals surface area contributed by atoms with Crippen LogP contribution in [-0.2, 0) is 4.79 Å². The Morgan fingerprint density at radius 1 is 1.20 bits per heavy atom. The Kier molecular flexibility index (Phi) is 3.74. The van der Waals surface area contributed by atoms with Crippen LogP contribution in [0.2, 0.25) is 0 Å². The number of carbonyl (C=O) groups is 1. The zero-order chi connectivity index (χ0) is 13.9. The van der Waals surface area contributed by atoms with E-state index in [0.717, 1.165) is 24.4 Å². The number of hydrogen-bond donors (Lipinski definition) is 1. The Balaban J connectivity index is 1.87. The molecule has 106 valence electrons. The molecule has 1 aliphatic rings. The maximum absolute atomic E-state index is 12.5. The molecule has 3 atom stereocenters. The van der Waals surface area contributed by atoms with Crippen LogP contribution in [-0.4, -0.2) is 5.78 Å². The lowest BCUT2D eigenvalue weighted by Gasteiger charge is -2.31. The molecule has 0 aliphatic carbocycles. The molecule has 3 heterocycles. The molecule has 0 radical (unpaired) electrons. The fourth-order valence-electron chi connectivity index (χ4n) is 3.14. The highest BCUT2D eigenvalue weighted by atomic mass is 16.3. The first-order chi connectivity index (χ1) is 9.79. The molecule has 1 fully saturated rings. The van der Waals surface area contributed by atoms with Gasteiger partial charge in [-0.1, -0.05) is 13.3 Å². The molecule has 0 saturated carbocycles. The van der Waals surface area contributed by atoms with Crippen molar-refractivity contribution in [3.8, 4) is 0 Å². The van der Waals surface area contributed by atoms with Crippen molar-refractivity contribution in [3.05, 3.63) is 48.3 Å². The summed E-state index contributed by atoms with van der Waals surface area (Å²) >= 11 is 0. The highest BCUT2D eigenvalue weighted by molar-refractivity contribution is 5.82. The van der Waals surface area contributed by atoms with E-state index in [0.29, 0.717) is 12.2 Å². The maximum Gasteiger partial charge on any atom is 0.161 e. The molecule has 4 nitrogen and oxygen atoms in total. The average molecular weight is 274 g/mol. The quantitative estimate of drug-likeness (QED) is 0.932. The van der Waals surface area contributed by atoms with Crippen LogP contribution in [0.1, 0.15) is 49.8 Å². The van der Waals surface area contributed by atoms with Crippen molar-refractivity contribution in [2.75, 3.05) is 0 Å². The minimum absolute atomic E-state index is 0.0392. The van der Waals surface area contributed by atoms with E-state index in [1.807, 2.05) is 24.3 Å². The van der Waals surface area contributed by atoms with Gasteiger partial charge in [0.1, 0.15) is 5.78 Å². The molecule has 0 spiro atoms. The lowest BCUT2D eigenvalue weighted by atomic mass is 9.81. The van der Waals surface area contributed by atoms with Gasteiger partial charge in [-0.25, -0.2) is 0 Å². The second-order valence-corrected chi connectivity index (χ2v) is 5.42. The van der Waals surface area contributed by atoms with Crippen LogP contribution in [0, 0.1) is 5.92 Å². The summed E-state index contributed by atoms with van der Waals surface area (Å²) in [6.45, 7) is 2.12. The smallest absolute Gasteiger partial charge is 0.161 e. The Morgan fingerprint density at radius 2 is 1.90 bits per heavy atom. The molecule has 0 aromatic carbocycles. The van der Waals surface area contributed by atoms with Gasteiger partial charge in [-0.05, 0) is 30.7 Å². The van der Waals surface area contributed by atoms with E-state index in [-0.39, 0.29) is 18.0 Å². The Hall–Kier alpha value is -1.81. The first-order valence-corrected chi connectivity index (χ1v) is 7.24. The second-order valence-electron chi connectivity index (χ2n) is 5.42. The number of ketones is 1. The van der Waals surface area contributed by atoms with Crippen LogP contribution in [0.4, 0.5) is 0 Å². The van der Waals surface area contributed by atoms with E-state index in [2.05, 4.69) is 12.2 Å². The summed E-state index contributed by atoms with van der Waals surface area (Å²) in [6, 6.07) is 7.76. The molecule has 1 saturated heterocycles. The van der Waals surface area contributed by atoms with Crippen LogP contribution in [0.3, 0.4) is 0 Å². The number of piperidine rings is 1. The molecule has 0 bridgehead atoms. The minimum Gasteiger partial charge on any atom is -0.463 e. The van der Waals surface area contributed by atoms with Crippen molar-refractivity contribution in [2.45, 2.75) is 38.3 Å². The topological polar surface area (TPSA) is 60.0 Å². The van der Waals surface area contributed by atoms with Gasteiger partial charge in [0, 0.05) is 0 Å². The highest BCUT2D eigenvalue weighted by Gasteiger charge is 2.42. The number of hydrogen-bond acceptors (Lipinski definition) is 3. The number of rotatable bonds is 4. The molecular formula is C16H20NO3+. The van der Waals surface area contributed by atoms with E-state index in [9.17, 15) is 4.79 Å². The number of nitrogens with two attached hydrogens (primary N) is 1. The second kappa shape index (κ2) is 5.67. The SMILES string of the molecule is CCC[C@@H]1C(=O)C[C@@H](c2ccco2)[NH2+][C@H]1c1ccco1. The van der Waals surface area contributed by atoms with E-state index in [1.165, 1.54) is 0 Å². The van der Waals surface area contributed by atoms with E-state index >= 15 is 0 Å². The third kappa shape index (κ3) is 2.43. The minimum atomic E-state index is 0.0392. The van der Waals surface area contributed by atoms with Crippen molar-refractivity contribution < 1.29 is 18.9 Å². The van der Waals surface area contributed by atoms with Crippen LogP contribution in [0.5, 0.6) is 0 Å². The highest BCUT2D eigenvalue weighted by Crippen LogP contribution is 2.32. The zero-order valence-corrected chi connectivity index (χ0v) is 11.6. The molecule has 2 N–H and O–H groups in total. The lowest BCUT2D eigenvalue weighted by Crippen LogP contribution is -2.90. The molecule has 0 unspecified atom stereocenters. The fourth-order valence-corrected chi connectivity index (χ4v) is 3.14. The van der Waals surface area contributed by atoms with Crippen molar-refractivity contribution in [1.29, 1.82) is 0 Å². The van der Waals surface area contributed by atoms with Crippen LogP contribution in [0.25, 0.3) is 0 Å². The van der Waals surface area contributed by atoms with E-state index < -0.39 is 0 Å². The van der Waals surface area contributed by atoms with Gasteiger partial charge in [0.05, 0.1) is 24.9 Å². The van der Waals surface area contributed by atoms with Gasteiger partial charge >= 0.3 is 0 Å². The molecule has 3 rings (SSSR count). The summed E-state index contributed by atoms with van der Waals surface area (Å²) in [7, 11) is 0. The van der Waals surface area contributed by atoms with Gasteiger partial charge in [0.25, 0.3) is 0 Å². The lowest BCUT2D eigenvalue weighted by molar-refractivity contribution is -0.746. The summed E-state index contributed by atoms with van der Waals surface area (Å²) in [6.07, 6.45) is 5.79. The van der Waals surface area contributed by atoms with Crippen LogP contribution in [0.15, 0.2) is 45.6 Å². The zero-order valence-electron chi connectivity index (χ0n) is 11.6. The molecule has 4 heteroatoms. The third-order valence-corrected chi connectivity index (χ3v) is 4.09. The first-order valence-electron chi connectivity index (χ1n) is 7.24. The standard InChI is InChI=1S/C16H19NO3/c1-2-5-11-13(18)10-12(14-6-3-8-19-14)17-16(11)15-7-4-9-20-15/h3-4,6-9,11-12,16-17H,2,5,10H2,1H3/p+1/t11-,12+,16-/m1/s1. The Morgan fingerprint density at radius 3 is 2.50 bits per heavy atom. The van der Waals surface area contributed by atoms with Gasteiger partial charge in [-0.2, -0.15) is 0 Å². The molecule has 1 aliphatic heterocycles. The van der Waals surface area contributed by atoms with E-state index in [1.54, 1.807) is 12.5 Å². The molecular weight excluding hydrogens is 254 g/mol. The molecule has 0 amide bonds. The van der Waals surface area contributed by atoms with Crippen molar-refractivity contribution in [2.24, 2.45) is 5.92 Å². The number of furan rings is 2. The van der Waals surface area contributed by atoms with Crippen molar-refractivity contribution in [1.82, 2.24) is 0 Å². The predicted octanol–water partition coefficient (Wildman–Crippen LogP) is 2.61. The normalized spacial score (nSPS) is 26.9. The van der Waals surface area contributed by atoms with Crippen LogP contribution >= 0.6 is 0 Å². The molecule has 2 aromatic heterocycles. The van der Waals surface area contributed by atoms with Gasteiger partial charge in [0.2, 0.25) is 0 Å². The molecule has 20 heavy (non-hydrogen) atoms. The van der Waals surface area contributed by atoms with Crippen molar-refractivity contribution in [3.63, 3.8) is 0 Å². The summed E-state index contributed by atoms with van der Waals surface area (Å²) in [5, 5.41) is 2.22. The number of carbonyl (C=O) groups excluding carboxylic acids is 1.